The highest BCUT2D eigenvalue weighted by atomic mass is 16.5. The van der Waals surface area contributed by atoms with Crippen molar-refractivity contribution in [2.75, 3.05) is 11.9 Å². The molecule has 1 N–H and O–H groups in total. The molecule has 16 heavy (non-hydrogen) atoms. The Morgan fingerprint density at radius 3 is 3.06 bits per heavy atom. The van der Waals surface area contributed by atoms with E-state index in [-0.39, 0.29) is 0 Å². The second-order valence-electron chi connectivity index (χ2n) is 3.73. The zero-order valence-electron chi connectivity index (χ0n) is 9.60. The second kappa shape index (κ2) is 4.83. The van der Waals surface area contributed by atoms with E-state index in [9.17, 15) is 0 Å². The Balaban J connectivity index is 2.06. The van der Waals surface area contributed by atoms with E-state index in [1.54, 1.807) is 6.20 Å². The van der Waals surface area contributed by atoms with Crippen LogP contribution >= 0.6 is 0 Å². The van der Waals surface area contributed by atoms with Crippen molar-refractivity contribution < 1.29 is 4.52 Å². The summed E-state index contributed by atoms with van der Waals surface area (Å²) in [6.07, 6.45) is 4.79. The largest absolute Gasteiger partial charge is 0.361 e. The average Bonchev–Trinajstić information content (AvgIpc) is 2.86. The first kappa shape index (κ1) is 10.7. The summed E-state index contributed by atoms with van der Waals surface area (Å²) in [5.74, 6) is 1.71. The van der Waals surface area contributed by atoms with Gasteiger partial charge in [0, 0.05) is 25.0 Å². The number of hydrogen-bond donors (Lipinski definition) is 1. The lowest BCUT2D eigenvalue weighted by Crippen LogP contribution is -2.08. The maximum Gasteiger partial charge on any atom is 0.203 e. The van der Waals surface area contributed by atoms with Crippen molar-refractivity contribution in [3.8, 4) is 0 Å². The molecule has 2 heterocycles. The number of anilines is 1. The maximum absolute atomic E-state index is 5.03. The van der Waals surface area contributed by atoms with Crippen LogP contribution in [0.5, 0.6) is 0 Å². The van der Waals surface area contributed by atoms with Crippen LogP contribution in [-0.2, 0) is 6.54 Å². The highest BCUT2D eigenvalue weighted by molar-refractivity contribution is 5.26. The van der Waals surface area contributed by atoms with Gasteiger partial charge in [-0.2, -0.15) is 0 Å². The predicted octanol–water partition coefficient (Wildman–Crippen LogP) is 2.05. The van der Waals surface area contributed by atoms with Crippen molar-refractivity contribution in [2.24, 2.45) is 0 Å². The van der Waals surface area contributed by atoms with Gasteiger partial charge >= 0.3 is 0 Å². The van der Waals surface area contributed by atoms with Crippen LogP contribution in [-0.4, -0.2) is 21.3 Å². The Bertz CT molecular complexity index is 446. The van der Waals surface area contributed by atoms with Crippen molar-refractivity contribution in [1.29, 1.82) is 0 Å². The van der Waals surface area contributed by atoms with Crippen LogP contribution < -0.4 is 5.32 Å². The number of rotatable bonds is 5. The molecule has 0 bridgehead atoms. The molecule has 0 aliphatic heterocycles. The van der Waals surface area contributed by atoms with Gasteiger partial charge in [-0.3, -0.25) is 0 Å². The van der Waals surface area contributed by atoms with Gasteiger partial charge in [-0.25, -0.2) is 4.98 Å². The summed E-state index contributed by atoms with van der Waals surface area (Å²) in [5, 5.41) is 7.22. The molecule has 5 heteroatoms. The second-order valence-corrected chi connectivity index (χ2v) is 3.73. The first-order valence-electron chi connectivity index (χ1n) is 5.47. The lowest BCUT2D eigenvalue weighted by molar-refractivity contribution is 0.389. The highest BCUT2D eigenvalue weighted by Crippen LogP contribution is 2.09. The van der Waals surface area contributed by atoms with Crippen LogP contribution in [0.1, 0.15) is 24.8 Å². The molecule has 2 rings (SSSR count). The fourth-order valence-corrected chi connectivity index (χ4v) is 1.51. The number of aromatic nitrogens is 3. The first-order valence-corrected chi connectivity index (χ1v) is 5.47. The molecule has 0 aliphatic rings. The minimum atomic E-state index is 0.684. The van der Waals surface area contributed by atoms with E-state index in [0.29, 0.717) is 6.54 Å². The molecule has 0 aliphatic carbocycles. The van der Waals surface area contributed by atoms with Crippen LogP contribution in [0, 0.1) is 6.92 Å². The number of imidazole rings is 1. The normalized spacial score (nSPS) is 10.6. The van der Waals surface area contributed by atoms with Gasteiger partial charge in [0.2, 0.25) is 5.95 Å². The number of nitrogens with zero attached hydrogens (tertiary/aromatic N) is 3. The zero-order chi connectivity index (χ0) is 11.4. The third kappa shape index (κ3) is 2.42. The van der Waals surface area contributed by atoms with Crippen molar-refractivity contribution in [1.82, 2.24) is 14.7 Å². The quantitative estimate of drug-likeness (QED) is 0.837. The van der Waals surface area contributed by atoms with Gasteiger partial charge < -0.3 is 14.4 Å². The van der Waals surface area contributed by atoms with E-state index in [4.69, 9.17) is 4.52 Å². The van der Waals surface area contributed by atoms with Crippen LogP contribution in [0.3, 0.4) is 0 Å². The van der Waals surface area contributed by atoms with Crippen molar-refractivity contribution in [3.05, 3.63) is 29.9 Å². The van der Waals surface area contributed by atoms with Crippen molar-refractivity contribution in [3.63, 3.8) is 0 Å². The Labute approximate surface area is 94.5 Å². The van der Waals surface area contributed by atoms with Gasteiger partial charge in [0.15, 0.2) is 0 Å². The molecule has 0 radical (unpaired) electrons. The molecular weight excluding hydrogens is 204 g/mol. The van der Waals surface area contributed by atoms with E-state index in [0.717, 1.165) is 30.4 Å². The average molecular weight is 220 g/mol. The summed E-state index contributed by atoms with van der Waals surface area (Å²) in [6.45, 7) is 5.63. The van der Waals surface area contributed by atoms with Gasteiger partial charge in [-0.15, -0.1) is 0 Å². The summed E-state index contributed by atoms with van der Waals surface area (Å²) in [6, 6.07) is 1.93. The maximum atomic E-state index is 5.03. The zero-order valence-corrected chi connectivity index (χ0v) is 9.60. The molecular formula is C11H16N4O. The van der Waals surface area contributed by atoms with Gasteiger partial charge in [-0.1, -0.05) is 12.1 Å². The Morgan fingerprint density at radius 1 is 1.50 bits per heavy atom. The van der Waals surface area contributed by atoms with Crippen molar-refractivity contribution in [2.45, 2.75) is 26.8 Å². The molecule has 5 nitrogen and oxygen atoms in total. The minimum Gasteiger partial charge on any atom is -0.361 e. The highest BCUT2D eigenvalue weighted by Gasteiger charge is 2.05. The Morgan fingerprint density at radius 2 is 2.38 bits per heavy atom. The molecule has 0 amide bonds. The SMILES string of the molecule is CCCNc1nccn1Cc1cc(C)on1. The first-order chi connectivity index (χ1) is 7.79. The lowest BCUT2D eigenvalue weighted by atomic mass is 10.4. The molecule has 0 spiro atoms. The molecule has 86 valence electrons. The van der Waals surface area contributed by atoms with E-state index in [1.165, 1.54) is 0 Å². The van der Waals surface area contributed by atoms with E-state index in [2.05, 4.69) is 22.4 Å². The van der Waals surface area contributed by atoms with Gasteiger partial charge in [0.25, 0.3) is 0 Å². The monoisotopic (exact) mass is 220 g/mol. The summed E-state index contributed by atoms with van der Waals surface area (Å²) in [7, 11) is 0. The number of aryl methyl sites for hydroxylation is 1. The molecule has 0 saturated heterocycles. The fourth-order valence-electron chi connectivity index (χ4n) is 1.51. The standard InChI is InChI=1S/C11H16N4O/c1-3-4-12-11-13-5-6-15(11)8-10-7-9(2)16-14-10/h5-7H,3-4,8H2,1-2H3,(H,12,13). The third-order valence-corrected chi connectivity index (χ3v) is 2.26. The molecule has 2 aromatic rings. The van der Waals surface area contributed by atoms with E-state index >= 15 is 0 Å². The van der Waals surface area contributed by atoms with Gasteiger partial charge in [-0.05, 0) is 13.3 Å². The van der Waals surface area contributed by atoms with Gasteiger partial charge in [0.05, 0.1) is 6.54 Å². The van der Waals surface area contributed by atoms with Crippen LogP contribution in [0.4, 0.5) is 5.95 Å². The van der Waals surface area contributed by atoms with Crippen molar-refractivity contribution >= 4 is 5.95 Å². The van der Waals surface area contributed by atoms with Crippen LogP contribution in [0.2, 0.25) is 0 Å². The van der Waals surface area contributed by atoms with Crippen LogP contribution in [0.15, 0.2) is 23.0 Å². The van der Waals surface area contributed by atoms with E-state index in [1.807, 2.05) is 23.8 Å². The molecule has 0 aromatic carbocycles. The third-order valence-electron chi connectivity index (χ3n) is 2.26. The Kier molecular flexibility index (Phi) is 3.24. The number of nitrogens with one attached hydrogen (secondary N) is 1. The lowest BCUT2D eigenvalue weighted by Gasteiger charge is -2.06. The summed E-state index contributed by atoms with van der Waals surface area (Å²) < 4.78 is 7.05. The summed E-state index contributed by atoms with van der Waals surface area (Å²) in [5.41, 5.74) is 0.912. The summed E-state index contributed by atoms with van der Waals surface area (Å²) in [4.78, 5) is 4.25. The van der Waals surface area contributed by atoms with E-state index < -0.39 is 0 Å². The predicted molar refractivity (Wildman–Crippen MR) is 61.3 cm³/mol. The van der Waals surface area contributed by atoms with Gasteiger partial charge in [0.1, 0.15) is 11.5 Å². The van der Waals surface area contributed by atoms with Crippen LogP contribution in [0.25, 0.3) is 0 Å². The summed E-state index contributed by atoms with van der Waals surface area (Å²) >= 11 is 0. The molecule has 0 saturated carbocycles. The smallest absolute Gasteiger partial charge is 0.203 e. The molecule has 0 atom stereocenters. The molecule has 0 unspecified atom stereocenters. The topological polar surface area (TPSA) is 55.9 Å². The fraction of sp³-hybridized carbons (Fsp3) is 0.455. The molecule has 0 fully saturated rings. The molecule has 2 aromatic heterocycles. The number of hydrogen-bond acceptors (Lipinski definition) is 4. The Hall–Kier alpha value is -1.78. The minimum absolute atomic E-state index is 0.684.